The SMILES string of the molecule is Cc1noc(-c2ccc(C(=O)NC3CCN(C4CC4)C3)cc2)n1. The van der Waals surface area contributed by atoms with Crippen LogP contribution in [0.15, 0.2) is 28.8 Å². The summed E-state index contributed by atoms with van der Waals surface area (Å²) in [5.74, 6) is 1.06. The monoisotopic (exact) mass is 312 g/mol. The Bertz CT molecular complexity index is 706. The van der Waals surface area contributed by atoms with Crippen LogP contribution in [0.3, 0.4) is 0 Å². The fourth-order valence-corrected chi connectivity index (χ4v) is 3.12. The first kappa shape index (κ1) is 14.4. The predicted molar refractivity (Wildman–Crippen MR) is 84.9 cm³/mol. The number of rotatable bonds is 4. The van der Waals surface area contributed by atoms with Crippen LogP contribution in [0.25, 0.3) is 11.5 Å². The standard InChI is InChI=1S/C17H20N4O2/c1-11-18-17(23-20-11)13-4-2-12(3-5-13)16(22)19-14-8-9-21(10-14)15-6-7-15/h2-5,14-15H,6-10H2,1H3,(H,19,22). The minimum absolute atomic E-state index is 0.0130. The number of amides is 1. The first-order chi connectivity index (χ1) is 11.2. The van der Waals surface area contributed by atoms with Crippen LogP contribution < -0.4 is 5.32 Å². The topological polar surface area (TPSA) is 71.3 Å². The molecule has 1 aromatic carbocycles. The zero-order chi connectivity index (χ0) is 15.8. The molecule has 6 heteroatoms. The van der Waals surface area contributed by atoms with Gasteiger partial charge in [0.2, 0.25) is 0 Å². The van der Waals surface area contributed by atoms with E-state index in [0.717, 1.165) is 31.1 Å². The molecule has 1 amide bonds. The van der Waals surface area contributed by atoms with Gasteiger partial charge in [0.15, 0.2) is 5.82 Å². The third-order valence-corrected chi connectivity index (χ3v) is 4.54. The average Bonchev–Trinajstić information content (AvgIpc) is 3.16. The van der Waals surface area contributed by atoms with Crippen LogP contribution in [0.5, 0.6) is 0 Å². The molecule has 2 aliphatic rings. The number of hydrogen-bond acceptors (Lipinski definition) is 5. The van der Waals surface area contributed by atoms with Gasteiger partial charge in [0, 0.05) is 36.3 Å². The molecule has 2 fully saturated rings. The fraction of sp³-hybridized carbons (Fsp3) is 0.471. The first-order valence-electron chi connectivity index (χ1n) is 8.15. The maximum Gasteiger partial charge on any atom is 0.257 e. The van der Waals surface area contributed by atoms with Gasteiger partial charge in [-0.2, -0.15) is 4.98 Å². The van der Waals surface area contributed by atoms with E-state index in [-0.39, 0.29) is 11.9 Å². The maximum absolute atomic E-state index is 12.4. The van der Waals surface area contributed by atoms with Crippen LogP contribution in [0.1, 0.15) is 35.4 Å². The van der Waals surface area contributed by atoms with E-state index in [0.29, 0.717) is 17.3 Å². The number of aromatic nitrogens is 2. The van der Waals surface area contributed by atoms with E-state index in [1.165, 1.54) is 12.8 Å². The van der Waals surface area contributed by atoms with Gasteiger partial charge in [-0.25, -0.2) is 0 Å². The summed E-state index contributed by atoms with van der Waals surface area (Å²) >= 11 is 0. The number of hydrogen-bond donors (Lipinski definition) is 1. The minimum atomic E-state index is -0.0130. The fourth-order valence-electron chi connectivity index (χ4n) is 3.12. The number of nitrogens with one attached hydrogen (secondary N) is 1. The van der Waals surface area contributed by atoms with Crippen molar-refractivity contribution in [2.24, 2.45) is 0 Å². The van der Waals surface area contributed by atoms with Crippen molar-refractivity contribution in [2.75, 3.05) is 13.1 Å². The minimum Gasteiger partial charge on any atom is -0.348 e. The van der Waals surface area contributed by atoms with Crippen LogP contribution in [-0.4, -0.2) is 46.1 Å². The summed E-state index contributed by atoms with van der Waals surface area (Å²) in [7, 11) is 0. The Morgan fingerprint density at radius 1 is 1.26 bits per heavy atom. The highest BCUT2D eigenvalue weighted by molar-refractivity contribution is 5.94. The normalized spacial score (nSPS) is 21.5. The molecule has 1 unspecified atom stereocenters. The highest BCUT2D eigenvalue weighted by Gasteiger charge is 2.34. The van der Waals surface area contributed by atoms with Gasteiger partial charge in [-0.05, 0) is 50.5 Å². The molecule has 0 bridgehead atoms. The molecule has 1 saturated heterocycles. The largest absolute Gasteiger partial charge is 0.348 e. The molecule has 1 N–H and O–H groups in total. The van der Waals surface area contributed by atoms with Gasteiger partial charge in [-0.3, -0.25) is 9.69 Å². The molecule has 1 saturated carbocycles. The highest BCUT2D eigenvalue weighted by Crippen LogP contribution is 2.29. The second kappa shape index (κ2) is 5.77. The van der Waals surface area contributed by atoms with Gasteiger partial charge < -0.3 is 9.84 Å². The van der Waals surface area contributed by atoms with Crippen molar-refractivity contribution in [3.8, 4) is 11.5 Å². The summed E-state index contributed by atoms with van der Waals surface area (Å²) in [6.45, 7) is 3.86. The van der Waals surface area contributed by atoms with Gasteiger partial charge >= 0.3 is 0 Å². The summed E-state index contributed by atoms with van der Waals surface area (Å²) < 4.78 is 5.13. The molecule has 120 valence electrons. The molecule has 1 aromatic heterocycles. The summed E-state index contributed by atoms with van der Waals surface area (Å²) in [6.07, 6.45) is 3.68. The molecule has 4 rings (SSSR count). The lowest BCUT2D eigenvalue weighted by Gasteiger charge is -2.15. The van der Waals surface area contributed by atoms with Crippen LogP contribution in [0.4, 0.5) is 0 Å². The summed E-state index contributed by atoms with van der Waals surface area (Å²) in [6, 6.07) is 8.32. The van der Waals surface area contributed by atoms with E-state index in [9.17, 15) is 4.79 Å². The average molecular weight is 312 g/mol. The summed E-state index contributed by atoms with van der Waals surface area (Å²) in [5.41, 5.74) is 1.48. The van der Waals surface area contributed by atoms with Gasteiger partial charge in [0.1, 0.15) is 0 Å². The van der Waals surface area contributed by atoms with Crippen molar-refractivity contribution in [1.29, 1.82) is 0 Å². The zero-order valence-electron chi connectivity index (χ0n) is 13.2. The van der Waals surface area contributed by atoms with E-state index in [2.05, 4.69) is 20.4 Å². The van der Waals surface area contributed by atoms with E-state index in [4.69, 9.17) is 4.52 Å². The smallest absolute Gasteiger partial charge is 0.257 e. The van der Waals surface area contributed by atoms with Crippen molar-refractivity contribution in [1.82, 2.24) is 20.4 Å². The predicted octanol–water partition coefficient (Wildman–Crippen LogP) is 2.01. The maximum atomic E-state index is 12.4. The number of carbonyl (C=O) groups is 1. The lowest BCUT2D eigenvalue weighted by molar-refractivity contribution is 0.0937. The second-order valence-electron chi connectivity index (χ2n) is 6.41. The Hall–Kier alpha value is -2.21. The number of likely N-dealkylation sites (tertiary alicyclic amines) is 1. The third-order valence-electron chi connectivity index (χ3n) is 4.54. The quantitative estimate of drug-likeness (QED) is 0.935. The number of benzene rings is 1. The highest BCUT2D eigenvalue weighted by atomic mass is 16.5. The molecular formula is C17H20N4O2. The number of nitrogens with zero attached hydrogens (tertiary/aromatic N) is 3. The summed E-state index contributed by atoms with van der Waals surface area (Å²) in [4.78, 5) is 19.0. The Morgan fingerprint density at radius 2 is 2.04 bits per heavy atom. The molecular weight excluding hydrogens is 292 g/mol. The van der Waals surface area contributed by atoms with Gasteiger partial charge in [0.05, 0.1) is 0 Å². The molecule has 2 aromatic rings. The van der Waals surface area contributed by atoms with Gasteiger partial charge in [0.25, 0.3) is 11.8 Å². The summed E-state index contributed by atoms with van der Waals surface area (Å²) in [5, 5.41) is 6.91. The molecule has 2 heterocycles. The zero-order valence-corrected chi connectivity index (χ0v) is 13.2. The van der Waals surface area contributed by atoms with E-state index < -0.39 is 0 Å². The molecule has 1 aliphatic carbocycles. The molecule has 1 aliphatic heterocycles. The second-order valence-corrected chi connectivity index (χ2v) is 6.41. The first-order valence-corrected chi connectivity index (χ1v) is 8.15. The van der Waals surface area contributed by atoms with Crippen molar-refractivity contribution in [2.45, 2.75) is 38.3 Å². The van der Waals surface area contributed by atoms with Crippen LogP contribution in [-0.2, 0) is 0 Å². The Morgan fingerprint density at radius 3 is 2.70 bits per heavy atom. The molecule has 0 radical (unpaired) electrons. The lowest BCUT2D eigenvalue weighted by Crippen LogP contribution is -2.37. The van der Waals surface area contributed by atoms with Gasteiger partial charge in [-0.1, -0.05) is 5.16 Å². The van der Waals surface area contributed by atoms with E-state index in [1.54, 1.807) is 19.1 Å². The Kier molecular flexibility index (Phi) is 3.61. The molecule has 1 atom stereocenters. The van der Waals surface area contributed by atoms with E-state index in [1.807, 2.05) is 12.1 Å². The van der Waals surface area contributed by atoms with Crippen molar-refractivity contribution in [3.63, 3.8) is 0 Å². The van der Waals surface area contributed by atoms with Crippen LogP contribution >= 0.6 is 0 Å². The molecule has 0 spiro atoms. The van der Waals surface area contributed by atoms with Crippen LogP contribution in [0, 0.1) is 6.92 Å². The molecule has 23 heavy (non-hydrogen) atoms. The Labute approximate surface area is 134 Å². The lowest BCUT2D eigenvalue weighted by atomic mass is 10.1. The number of aryl methyl sites for hydroxylation is 1. The third kappa shape index (κ3) is 3.12. The Balaban J connectivity index is 1.38. The van der Waals surface area contributed by atoms with Crippen LogP contribution in [0.2, 0.25) is 0 Å². The van der Waals surface area contributed by atoms with Gasteiger partial charge in [-0.15, -0.1) is 0 Å². The van der Waals surface area contributed by atoms with Crippen molar-refractivity contribution < 1.29 is 9.32 Å². The van der Waals surface area contributed by atoms with Crippen molar-refractivity contribution in [3.05, 3.63) is 35.7 Å². The van der Waals surface area contributed by atoms with Crippen molar-refractivity contribution >= 4 is 5.91 Å². The number of carbonyl (C=O) groups excluding carboxylic acids is 1. The molecule has 6 nitrogen and oxygen atoms in total. The van der Waals surface area contributed by atoms with E-state index >= 15 is 0 Å².